The van der Waals surface area contributed by atoms with Crippen LogP contribution >= 0.6 is 11.6 Å². The van der Waals surface area contributed by atoms with Crippen LogP contribution in [0.4, 0.5) is 23.7 Å². The van der Waals surface area contributed by atoms with E-state index < -0.39 is 57.7 Å². The van der Waals surface area contributed by atoms with E-state index in [1.165, 1.54) is 19.1 Å². The number of nitrogens with two attached hydrogens (primary N) is 1. The summed E-state index contributed by atoms with van der Waals surface area (Å²) in [5.41, 5.74) is 4.12. The number of halogens is 4. The summed E-state index contributed by atoms with van der Waals surface area (Å²) >= 11 is 5.96. The molecule has 0 bridgehead atoms. The average molecular weight is 563 g/mol. The Morgan fingerprint density at radius 1 is 1.27 bits per heavy atom. The van der Waals surface area contributed by atoms with Crippen molar-refractivity contribution in [2.45, 2.75) is 38.7 Å². The number of carbonyl (C=O) groups is 2. The summed E-state index contributed by atoms with van der Waals surface area (Å²) in [5, 5.41) is 11.5. The van der Waals surface area contributed by atoms with Gasteiger partial charge in [0.1, 0.15) is 0 Å². The fourth-order valence-electron chi connectivity index (χ4n) is 4.14. The monoisotopic (exact) mass is 562 g/mol. The highest BCUT2D eigenvalue weighted by molar-refractivity contribution is 7.89. The Bertz CT molecular complexity index is 1290. The fourth-order valence-corrected chi connectivity index (χ4v) is 5.36. The molecule has 9 nitrogen and oxygen atoms in total. The van der Waals surface area contributed by atoms with E-state index in [0.29, 0.717) is 33.9 Å². The Hall–Kier alpha value is -3.03. The van der Waals surface area contributed by atoms with Crippen LogP contribution in [-0.2, 0) is 29.3 Å². The van der Waals surface area contributed by atoms with Gasteiger partial charge < -0.3 is 16.2 Å². The molecule has 0 aromatic heterocycles. The lowest BCUT2D eigenvalue weighted by Crippen LogP contribution is -2.38. The number of likely N-dealkylation sites (tertiary alicyclic amines) is 1. The molecule has 1 aliphatic heterocycles. The lowest BCUT2D eigenvalue weighted by atomic mass is 10.00. The summed E-state index contributed by atoms with van der Waals surface area (Å²) in [6, 6.07) is 7.26. The van der Waals surface area contributed by atoms with E-state index in [0.717, 1.165) is 6.07 Å². The van der Waals surface area contributed by atoms with Gasteiger partial charge in [-0.05, 0) is 48.7 Å². The highest BCUT2D eigenvalue weighted by Gasteiger charge is 2.37. The van der Waals surface area contributed by atoms with Crippen molar-refractivity contribution in [2.24, 2.45) is 0 Å². The Kier molecular flexibility index (Phi) is 8.60. The van der Waals surface area contributed by atoms with E-state index >= 15 is 0 Å². The number of rotatable bonds is 8. The van der Waals surface area contributed by atoms with Crippen molar-refractivity contribution in [1.82, 2.24) is 14.5 Å². The Morgan fingerprint density at radius 2 is 1.97 bits per heavy atom. The number of nitrogens with one attached hydrogen (secondary N) is 1. The first-order valence-corrected chi connectivity index (χ1v) is 13.2. The number of anilines is 1. The van der Waals surface area contributed by atoms with E-state index in [2.05, 4.69) is 5.32 Å². The number of nitrogen functional groups attached to an aromatic ring is 1. The second-order valence-corrected chi connectivity index (χ2v) is 11.2. The van der Waals surface area contributed by atoms with E-state index in [4.69, 9.17) is 22.4 Å². The van der Waals surface area contributed by atoms with E-state index in [-0.39, 0.29) is 24.3 Å². The first-order valence-electron chi connectivity index (χ1n) is 11.2. The molecule has 0 aliphatic carbocycles. The molecule has 3 rings (SSSR count). The number of carbonyl (C=O) groups excluding carboxylic acids is 1. The van der Waals surface area contributed by atoms with Crippen LogP contribution in [0, 0.1) is 0 Å². The van der Waals surface area contributed by atoms with Gasteiger partial charge in [-0.1, -0.05) is 23.7 Å². The van der Waals surface area contributed by atoms with Crippen molar-refractivity contribution in [1.29, 1.82) is 0 Å². The molecule has 1 fully saturated rings. The predicted molar refractivity (Wildman–Crippen MR) is 131 cm³/mol. The Balaban J connectivity index is 1.97. The zero-order valence-electron chi connectivity index (χ0n) is 19.8. The van der Waals surface area contributed by atoms with E-state index in [1.807, 2.05) is 0 Å². The highest BCUT2D eigenvalue weighted by Crippen LogP contribution is 2.36. The number of hydrogen-bond donors (Lipinski definition) is 3. The number of carboxylic acid groups (broad SMARTS) is 1. The Labute approximate surface area is 217 Å². The van der Waals surface area contributed by atoms with Gasteiger partial charge in [-0.15, -0.1) is 0 Å². The molecular weight excluding hydrogens is 537 g/mol. The molecule has 0 radical (unpaired) electrons. The topological polar surface area (TPSA) is 133 Å². The zero-order chi connectivity index (χ0) is 27.5. The number of benzene rings is 2. The molecule has 1 heterocycles. The maximum Gasteiger partial charge on any atom is 0.416 e. The summed E-state index contributed by atoms with van der Waals surface area (Å²) in [6.07, 6.45) is -5.66. The largest absolute Gasteiger partial charge is 0.465 e. The summed E-state index contributed by atoms with van der Waals surface area (Å²) in [7, 11) is -4.19. The molecule has 2 aromatic rings. The first-order chi connectivity index (χ1) is 17.2. The minimum Gasteiger partial charge on any atom is -0.465 e. The molecule has 2 amide bonds. The third kappa shape index (κ3) is 7.05. The van der Waals surface area contributed by atoms with Crippen LogP contribution in [-0.4, -0.2) is 59.6 Å². The van der Waals surface area contributed by atoms with Crippen molar-refractivity contribution in [3.8, 4) is 0 Å². The third-order valence-corrected chi connectivity index (χ3v) is 7.88. The van der Waals surface area contributed by atoms with Gasteiger partial charge >= 0.3 is 12.3 Å². The van der Waals surface area contributed by atoms with Crippen molar-refractivity contribution < 1.29 is 36.3 Å². The van der Waals surface area contributed by atoms with E-state index in [1.54, 1.807) is 17.0 Å². The molecular formula is C23H26ClF3N4O5S. The highest BCUT2D eigenvalue weighted by atomic mass is 35.5. The van der Waals surface area contributed by atoms with Crippen molar-refractivity contribution in [3.05, 3.63) is 63.7 Å². The smallest absolute Gasteiger partial charge is 0.416 e. The van der Waals surface area contributed by atoms with Gasteiger partial charge in [0.25, 0.3) is 5.91 Å². The molecule has 0 spiro atoms. The van der Waals surface area contributed by atoms with Crippen LogP contribution in [0.5, 0.6) is 0 Å². The second-order valence-electron chi connectivity index (χ2n) is 8.61. The van der Waals surface area contributed by atoms with Gasteiger partial charge in [-0.25, -0.2) is 17.5 Å². The molecule has 202 valence electrons. The summed E-state index contributed by atoms with van der Waals surface area (Å²) in [6.45, 7) is 1.23. The first kappa shape index (κ1) is 28.5. The van der Waals surface area contributed by atoms with Crippen LogP contribution in [0.3, 0.4) is 0 Å². The van der Waals surface area contributed by atoms with Gasteiger partial charge in [0.05, 0.1) is 23.4 Å². The SMILES string of the molecule is CCS(=O)(=O)N(Cc1cccc(Cl)c1)C(=O)c1cc(C(F)(F)F)c(CN2CCC(NC(=O)O)C2)cc1N. The molecule has 0 saturated carbocycles. The van der Waals surface area contributed by atoms with Crippen LogP contribution in [0.2, 0.25) is 5.02 Å². The van der Waals surface area contributed by atoms with Crippen LogP contribution in [0.25, 0.3) is 0 Å². The average Bonchev–Trinajstić information content (AvgIpc) is 3.22. The quantitative estimate of drug-likeness (QED) is 0.417. The standard InChI is InChI=1S/C23H26ClF3N4O5S/c1-2-37(35,36)31(11-14-4-3-5-16(24)8-14)21(32)18-10-19(23(25,26)27)15(9-20(18)28)12-30-7-6-17(13-30)29-22(33)34/h3-5,8-10,17,29H,2,6-7,11-13,28H2,1H3,(H,33,34). The second kappa shape index (κ2) is 11.2. The number of sulfonamides is 1. The van der Waals surface area contributed by atoms with Gasteiger partial charge in [-0.2, -0.15) is 13.2 Å². The van der Waals surface area contributed by atoms with Crippen molar-refractivity contribution >= 4 is 39.3 Å². The van der Waals surface area contributed by atoms with Gasteiger partial charge in [0, 0.05) is 36.4 Å². The number of hydrogen-bond acceptors (Lipinski definition) is 6. The van der Waals surface area contributed by atoms with Crippen molar-refractivity contribution in [2.75, 3.05) is 24.6 Å². The molecule has 2 aromatic carbocycles. The van der Waals surface area contributed by atoms with Gasteiger partial charge in [-0.3, -0.25) is 9.69 Å². The molecule has 14 heteroatoms. The van der Waals surface area contributed by atoms with Gasteiger partial charge in [0.15, 0.2) is 0 Å². The lowest BCUT2D eigenvalue weighted by Gasteiger charge is -2.25. The molecule has 4 N–H and O–H groups in total. The number of nitrogens with zero attached hydrogens (tertiary/aromatic N) is 2. The van der Waals surface area contributed by atoms with Gasteiger partial charge in [0.2, 0.25) is 10.0 Å². The maximum atomic E-state index is 14.0. The fraction of sp³-hybridized carbons (Fsp3) is 0.391. The molecule has 1 unspecified atom stereocenters. The summed E-state index contributed by atoms with van der Waals surface area (Å²) in [5.74, 6) is -1.66. The Morgan fingerprint density at radius 3 is 2.57 bits per heavy atom. The normalized spacial score (nSPS) is 16.5. The van der Waals surface area contributed by atoms with Crippen LogP contribution < -0.4 is 11.1 Å². The molecule has 37 heavy (non-hydrogen) atoms. The molecule has 1 saturated heterocycles. The molecule has 1 aliphatic rings. The summed E-state index contributed by atoms with van der Waals surface area (Å²) < 4.78 is 68.1. The summed E-state index contributed by atoms with van der Waals surface area (Å²) in [4.78, 5) is 25.8. The maximum absolute atomic E-state index is 14.0. The van der Waals surface area contributed by atoms with Crippen molar-refractivity contribution in [3.63, 3.8) is 0 Å². The number of alkyl halides is 3. The number of amides is 2. The minimum absolute atomic E-state index is 0.190. The lowest BCUT2D eigenvalue weighted by molar-refractivity contribution is -0.138. The van der Waals surface area contributed by atoms with E-state index in [9.17, 15) is 31.2 Å². The zero-order valence-corrected chi connectivity index (χ0v) is 21.3. The van der Waals surface area contributed by atoms with Crippen LogP contribution in [0.15, 0.2) is 36.4 Å². The third-order valence-electron chi connectivity index (χ3n) is 5.95. The van der Waals surface area contributed by atoms with Crippen LogP contribution in [0.1, 0.15) is 40.4 Å². The minimum atomic E-state index is -4.86. The predicted octanol–water partition coefficient (Wildman–Crippen LogP) is 3.78. The molecule has 1 atom stereocenters.